The minimum Gasteiger partial charge on any atom is -0.341 e. The maximum absolute atomic E-state index is 12.7. The van der Waals surface area contributed by atoms with E-state index in [4.69, 9.17) is 11.6 Å². The van der Waals surface area contributed by atoms with Gasteiger partial charge in [-0.15, -0.1) is 11.3 Å². The molecule has 140 valence electrons. The third-order valence-corrected chi connectivity index (χ3v) is 8.27. The third-order valence-electron chi connectivity index (χ3n) is 4.63. The lowest BCUT2D eigenvalue weighted by atomic mass is 9.96. The molecule has 5 nitrogen and oxygen atoms in total. The van der Waals surface area contributed by atoms with Crippen LogP contribution in [-0.2, 0) is 21.4 Å². The molecule has 1 saturated heterocycles. The minimum atomic E-state index is -3.43. The summed E-state index contributed by atoms with van der Waals surface area (Å²) in [6, 6.07) is 10.8. The van der Waals surface area contributed by atoms with Crippen LogP contribution >= 0.6 is 22.9 Å². The predicted octanol–water partition coefficient (Wildman–Crippen LogP) is 3.46. The van der Waals surface area contributed by atoms with Crippen molar-refractivity contribution in [3.8, 4) is 0 Å². The van der Waals surface area contributed by atoms with Crippen LogP contribution in [0.4, 0.5) is 0 Å². The van der Waals surface area contributed by atoms with Gasteiger partial charge in [-0.1, -0.05) is 35.9 Å². The van der Waals surface area contributed by atoms with Crippen molar-refractivity contribution < 1.29 is 13.2 Å². The second kappa shape index (κ2) is 8.08. The highest BCUT2D eigenvalue weighted by Gasteiger charge is 2.33. The Labute approximate surface area is 163 Å². The molecule has 8 heteroatoms. The minimum absolute atomic E-state index is 0.0399. The Morgan fingerprint density at radius 3 is 2.54 bits per heavy atom. The van der Waals surface area contributed by atoms with Crippen LogP contribution in [0.25, 0.3) is 0 Å². The quantitative estimate of drug-likeness (QED) is 0.755. The standard InChI is InChI=1S/C18H21ClN2O3S2/c1-20(13-15-5-2-3-6-16(15)19)18(22)14-8-10-21(11-9-14)26(23,24)17-7-4-12-25-17/h2-7,12,14H,8-11,13H2,1H3. The first kappa shape index (κ1) is 19.4. The molecule has 2 heterocycles. The highest BCUT2D eigenvalue weighted by molar-refractivity contribution is 7.91. The first-order valence-corrected chi connectivity index (χ1v) is 11.1. The zero-order valence-corrected chi connectivity index (χ0v) is 16.9. The number of carbonyl (C=O) groups is 1. The number of thiophene rings is 1. The molecule has 3 rings (SSSR count). The molecular formula is C18H21ClN2O3S2. The summed E-state index contributed by atoms with van der Waals surface area (Å²) < 4.78 is 27.0. The predicted molar refractivity (Wildman–Crippen MR) is 104 cm³/mol. The number of amides is 1. The number of nitrogens with zero attached hydrogens (tertiary/aromatic N) is 2. The van der Waals surface area contributed by atoms with Crippen LogP contribution in [0.3, 0.4) is 0 Å². The molecule has 1 fully saturated rings. The van der Waals surface area contributed by atoms with E-state index in [0.717, 1.165) is 5.56 Å². The summed E-state index contributed by atoms with van der Waals surface area (Å²) >= 11 is 7.39. The lowest BCUT2D eigenvalue weighted by molar-refractivity contribution is -0.135. The van der Waals surface area contributed by atoms with Gasteiger partial charge in [0.15, 0.2) is 0 Å². The van der Waals surface area contributed by atoms with E-state index >= 15 is 0 Å². The number of rotatable bonds is 5. The molecule has 0 saturated carbocycles. The van der Waals surface area contributed by atoms with Crippen molar-refractivity contribution >= 4 is 38.9 Å². The molecule has 0 N–H and O–H groups in total. The Bertz CT molecular complexity index is 860. The first-order valence-electron chi connectivity index (χ1n) is 8.41. The number of hydrogen-bond donors (Lipinski definition) is 0. The van der Waals surface area contributed by atoms with Crippen molar-refractivity contribution in [2.75, 3.05) is 20.1 Å². The van der Waals surface area contributed by atoms with E-state index in [2.05, 4.69) is 0 Å². The van der Waals surface area contributed by atoms with Crippen LogP contribution in [0.2, 0.25) is 5.02 Å². The maximum atomic E-state index is 12.7. The monoisotopic (exact) mass is 412 g/mol. The average Bonchev–Trinajstić information content (AvgIpc) is 3.18. The van der Waals surface area contributed by atoms with Gasteiger partial charge in [0.05, 0.1) is 0 Å². The second-order valence-electron chi connectivity index (χ2n) is 6.40. The lowest BCUT2D eigenvalue weighted by Gasteiger charge is -2.32. The van der Waals surface area contributed by atoms with Crippen molar-refractivity contribution in [1.29, 1.82) is 0 Å². The molecule has 2 aromatic rings. The molecular weight excluding hydrogens is 392 g/mol. The summed E-state index contributed by atoms with van der Waals surface area (Å²) in [4.78, 5) is 14.4. The number of piperidine rings is 1. The average molecular weight is 413 g/mol. The summed E-state index contributed by atoms with van der Waals surface area (Å²) in [6.07, 6.45) is 1.08. The van der Waals surface area contributed by atoms with Crippen LogP contribution < -0.4 is 0 Å². The van der Waals surface area contributed by atoms with Crippen LogP contribution in [0.15, 0.2) is 46.0 Å². The fourth-order valence-corrected chi connectivity index (χ4v) is 5.96. The number of benzene rings is 1. The van der Waals surface area contributed by atoms with Gasteiger partial charge in [0.1, 0.15) is 4.21 Å². The van der Waals surface area contributed by atoms with E-state index in [1.165, 1.54) is 15.6 Å². The summed E-state index contributed by atoms with van der Waals surface area (Å²) in [5.41, 5.74) is 0.905. The SMILES string of the molecule is CN(Cc1ccccc1Cl)C(=O)C1CCN(S(=O)(=O)c2cccs2)CC1. The zero-order chi connectivity index (χ0) is 18.7. The molecule has 0 aliphatic carbocycles. The number of halogens is 1. The van der Waals surface area contributed by atoms with E-state index in [9.17, 15) is 13.2 Å². The smallest absolute Gasteiger partial charge is 0.252 e. The summed E-state index contributed by atoms with van der Waals surface area (Å²) in [5, 5.41) is 2.40. The molecule has 1 amide bonds. The molecule has 0 atom stereocenters. The van der Waals surface area contributed by atoms with Crippen molar-refractivity contribution in [3.63, 3.8) is 0 Å². The molecule has 0 unspecified atom stereocenters. The van der Waals surface area contributed by atoms with Gasteiger partial charge in [-0.25, -0.2) is 8.42 Å². The van der Waals surface area contributed by atoms with Gasteiger partial charge in [0, 0.05) is 37.6 Å². The Balaban J connectivity index is 1.59. The fourth-order valence-electron chi connectivity index (χ4n) is 3.15. The van der Waals surface area contributed by atoms with Crippen LogP contribution in [0.5, 0.6) is 0 Å². The summed E-state index contributed by atoms with van der Waals surface area (Å²) in [7, 11) is -1.67. The van der Waals surface area contributed by atoms with Crippen LogP contribution in [0.1, 0.15) is 18.4 Å². The van der Waals surface area contributed by atoms with Crippen molar-refractivity contribution in [3.05, 3.63) is 52.4 Å². The van der Waals surface area contributed by atoms with Crippen molar-refractivity contribution in [2.45, 2.75) is 23.6 Å². The molecule has 1 aromatic carbocycles. The Hall–Kier alpha value is -1.41. The van der Waals surface area contributed by atoms with Crippen LogP contribution in [0, 0.1) is 5.92 Å². The highest BCUT2D eigenvalue weighted by atomic mass is 35.5. The zero-order valence-electron chi connectivity index (χ0n) is 14.5. The van der Waals surface area contributed by atoms with Gasteiger partial charge < -0.3 is 4.90 Å². The molecule has 0 spiro atoms. The molecule has 26 heavy (non-hydrogen) atoms. The van der Waals surface area contributed by atoms with Gasteiger partial charge in [0.2, 0.25) is 5.91 Å². The van der Waals surface area contributed by atoms with E-state index < -0.39 is 10.0 Å². The molecule has 1 aliphatic rings. The highest BCUT2D eigenvalue weighted by Crippen LogP contribution is 2.27. The number of hydrogen-bond acceptors (Lipinski definition) is 4. The molecule has 1 aromatic heterocycles. The largest absolute Gasteiger partial charge is 0.341 e. The Morgan fingerprint density at radius 2 is 1.92 bits per heavy atom. The normalized spacial score (nSPS) is 16.5. The molecule has 0 radical (unpaired) electrons. The third kappa shape index (κ3) is 4.11. The van der Waals surface area contributed by atoms with Crippen molar-refractivity contribution in [1.82, 2.24) is 9.21 Å². The number of carbonyl (C=O) groups excluding carboxylic acids is 1. The first-order chi connectivity index (χ1) is 12.4. The summed E-state index contributed by atoms with van der Waals surface area (Å²) in [6.45, 7) is 1.19. The van der Waals surface area contributed by atoms with E-state index in [0.29, 0.717) is 41.7 Å². The molecule has 0 bridgehead atoms. The van der Waals surface area contributed by atoms with Gasteiger partial charge in [-0.3, -0.25) is 4.79 Å². The maximum Gasteiger partial charge on any atom is 0.252 e. The van der Waals surface area contributed by atoms with Gasteiger partial charge in [0.25, 0.3) is 10.0 Å². The van der Waals surface area contributed by atoms with Crippen LogP contribution in [-0.4, -0.2) is 43.7 Å². The topological polar surface area (TPSA) is 57.7 Å². The van der Waals surface area contributed by atoms with E-state index in [1.807, 2.05) is 24.3 Å². The van der Waals surface area contributed by atoms with E-state index in [1.54, 1.807) is 29.5 Å². The Morgan fingerprint density at radius 1 is 1.23 bits per heavy atom. The number of sulfonamides is 1. The second-order valence-corrected chi connectivity index (χ2v) is 9.92. The fraction of sp³-hybridized carbons (Fsp3) is 0.389. The summed E-state index contributed by atoms with van der Waals surface area (Å²) in [5.74, 6) is -0.115. The van der Waals surface area contributed by atoms with E-state index in [-0.39, 0.29) is 11.8 Å². The van der Waals surface area contributed by atoms with Gasteiger partial charge in [-0.05, 0) is 35.9 Å². The van der Waals surface area contributed by atoms with Gasteiger partial charge >= 0.3 is 0 Å². The lowest BCUT2D eigenvalue weighted by Crippen LogP contribution is -2.43. The molecule has 1 aliphatic heterocycles. The van der Waals surface area contributed by atoms with Crippen molar-refractivity contribution in [2.24, 2.45) is 5.92 Å². The van der Waals surface area contributed by atoms with Gasteiger partial charge in [-0.2, -0.15) is 4.31 Å². The Kier molecular flexibility index (Phi) is 6.02.